The Morgan fingerprint density at radius 3 is 2.50 bits per heavy atom. The Morgan fingerprint density at radius 1 is 1.18 bits per heavy atom. The summed E-state index contributed by atoms with van der Waals surface area (Å²) in [6.07, 6.45) is 1.63. The third kappa shape index (κ3) is 5.10. The van der Waals surface area contributed by atoms with Crippen molar-refractivity contribution in [2.24, 2.45) is 4.99 Å². The zero-order valence-corrected chi connectivity index (χ0v) is 22.6. The fraction of sp³-hybridized carbons (Fsp3) is 0.296. The average Bonchev–Trinajstić information content (AvgIpc) is 3.18. The van der Waals surface area contributed by atoms with Crippen LogP contribution in [0.15, 0.2) is 63.5 Å². The number of non-ortho nitro benzene ring substituents is 1. The smallest absolute Gasteiger partial charge is 0.338 e. The van der Waals surface area contributed by atoms with E-state index in [1.165, 1.54) is 16.7 Å². The van der Waals surface area contributed by atoms with Crippen LogP contribution in [0.25, 0.3) is 6.08 Å². The maximum absolute atomic E-state index is 13.8. The number of allylic oxidation sites excluding steroid dienone is 1. The van der Waals surface area contributed by atoms with Crippen molar-refractivity contribution >= 4 is 34.8 Å². The second-order valence-corrected chi connectivity index (χ2v) is 9.71. The van der Waals surface area contributed by atoms with Gasteiger partial charge >= 0.3 is 5.97 Å². The molecule has 198 valence electrons. The number of anilines is 1. The Morgan fingerprint density at radius 2 is 1.89 bits per heavy atom. The van der Waals surface area contributed by atoms with Crippen LogP contribution in [0.3, 0.4) is 0 Å². The molecule has 0 unspecified atom stereocenters. The minimum atomic E-state index is -0.762. The summed E-state index contributed by atoms with van der Waals surface area (Å²) < 4.78 is 12.7. The third-order valence-corrected chi connectivity index (χ3v) is 7.00. The van der Waals surface area contributed by atoms with E-state index in [1.54, 1.807) is 38.1 Å². The predicted octanol–water partition coefficient (Wildman–Crippen LogP) is 3.17. The van der Waals surface area contributed by atoms with Crippen LogP contribution < -0.4 is 24.5 Å². The maximum Gasteiger partial charge on any atom is 0.338 e. The van der Waals surface area contributed by atoms with E-state index in [1.807, 2.05) is 38.1 Å². The van der Waals surface area contributed by atoms with E-state index >= 15 is 0 Å². The Hall–Kier alpha value is -4.25. The highest BCUT2D eigenvalue weighted by molar-refractivity contribution is 7.07. The first kappa shape index (κ1) is 26.8. The molecule has 0 saturated heterocycles. The van der Waals surface area contributed by atoms with Crippen molar-refractivity contribution in [3.05, 3.63) is 94.7 Å². The number of thiazole rings is 1. The minimum Gasteiger partial charge on any atom is -0.494 e. The van der Waals surface area contributed by atoms with Gasteiger partial charge in [-0.1, -0.05) is 23.5 Å². The zero-order chi connectivity index (χ0) is 27.6. The molecule has 2 heterocycles. The van der Waals surface area contributed by atoms with Gasteiger partial charge in [0.05, 0.1) is 40.0 Å². The van der Waals surface area contributed by atoms with Crippen LogP contribution in [-0.2, 0) is 9.53 Å². The molecule has 11 heteroatoms. The lowest BCUT2D eigenvalue weighted by Crippen LogP contribution is -2.39. The fourth-order valence-electron chi connectivity index (χ4n) is 4.34. The number of benzene rings is 2. The van der Waals surface area contributed by atoms with Crippen LogP contribution >= 0.6 is 11.3 Å². The number of hydrogen-bond donors (Lipinski definition) is 0. The molecule has 0 spiro atoms. The van der Waals surface area contributed by atoms with E-state index in [0.717, 1.165) is 11.3 Å². The fourth-order valence-corrected chi connectivity index (χ4v) is 5.38. The molecule has 0 aliphatic carbocycles. The summed E-state index contributed by atoms with van der Waals surface area (Å²) in [5.74, 6) is 0.124. The van der Waals surface area contributed by atoms with Gasteiger partial charge in [-0.25, -0.2) is 9.79 Å². The van der Waals surface area contributed by atoms with E-state index in [-0.39, 0.29) is 23.4 Å². The highest BCUT2D eigenvalue weighted by Gasteiger charge is 2.33. The normalized spacial score (nSPS) is 15.1. The van der Waals surface area contributed by atoms with Crippen molar-refractivity contribution < 1.29 is 19.2 Å². The summed E-state index contributed by atoms with van der Waals surface area (Å²) in [6, 6.07) is 11.0. The lowest BCUT2D eigenvalue weighted by molar-refractivity contribution is -0.384. The summed E-state index contributed by atoms with van der Waals surface area (Å²) in [6.45, 7) is 6.01. The van der Waals surface area contributed by atoms with Crippen molar-refractivity contribution in [3.8, 4) is 5.75 Å². The number of carbonyl (C=O) groups excluding carboxylic acids is 1. The van der Waals surface area contributed by atoms with Crippen molar-refractivity contribution in [1.82, 2.24) is 4.57 Å². The van der Waals surface area contributed by atoms with E-state index in [4.69, 9.17) is 9.47 Å². The van der Waals surface area contributed by atoms with Gasteiger partial charge in [-0.2, -0.15) is 0 Å². The largest absolute Gasteiger partial charge is 0.494 e. The summed E-state index contributed by atoms with van der Waals surface area (Å²) in [5, 5.41) is 11.4. The SMILES string of the molecule is CCOC(=O)C1=C(C)N=c2s/c(=C/c3cc([N+](=O)[O-])ccc3N(C)C)c(=O)n2[C@H]1c1ccc(OCC)cc1. The van der Waals surface area contributed by atoms with Gasteiger partial charge in [-0.05, 0) is 50.6 Å². The Bertz CT molecular complexity index is 1600. The standard InChI is InChI=1S/C27H28N4O6S/c1-6-36-20-11-8-17(9-12-20)24-23(26(33)37-7-2)16(3)28-27-30(24)25(32)22(38-27)15-18-14-19(31(34)35)10-13-21(18)29(4)5/h8-15,24H,6-7H2,1-5H3/b22-15+/t24-/m0/s1. The van der Waals surface area contributed by atoms with E-state index in [9.17, 15) is 19.7 Å². The molecule has 0 fully saturated rings. The molecule has 2 aromatic carbocycles. The first-order valence-electron chi connectivity index (χ1n) is 12.0. The molecule has 1 atom stereocenters. The maximum atomic E-state index is 13.8. The van der Waals surface area contributed by atoms with Crippen LogP contribution in [0.2, 0.25) is 0 Å². The van der Waals surface area contributed by atoms with Crippen LogP contribution in [-0.4, -0.2) is 42.8 Å². The first-order chi connectivity index (χ1) is 18.2. The van der Waals surface area contributed by atoms with Gasteiger partial charge in [0.25, 0.3) is 11.2 Å². The molecule has 1 aliphatic heterocycles. The summed E-state index contributed by atoms with van der Waals surface area (Å²) in [7, 11) is 3.64. The van der Waals surface area contributed by atoms with E-state index in [2.05, 4.69) is 4.99 Å². The number of nitro groups is 1. The number of carbonyl (C=O) groups is 1. The molecule has 10 nitrogen and oxygen atoms in total. The van der Waals surface area contributed by atoms with Crippen LogP contribution in [0.1, 0.15) is 37.9 Å². The molecule has 0 saturated carbocycles. The first-order valence-corrected chi connectivity index (χ1v) is 12.9. The quantitative estimate of drug-likeness (QED) is 0.247. The lowest BCUT2D eigenvalue weighted by Gasteiger charge is -2.24. The number of aromatic nitrogens is 1. The zero-order valence-electron chi connectivity index (χ0n) is 21.8. The highest BCUT2D eigenvalue weighted by Crippen LogP contribution is 2.32. The molecule has 3 aromatic rings. The van der Waals surface area contributed by atoms with Gasteiger partial charge in [0, 0.05) is 37.5 Å². The summed E-state index contributed by atoms with van der Waals surface area (Å²) in [4.78, 5) is 44.6. The van der Waals surface area contributed by atoms with Gasteiger partial charge in [-0.15, -0.1) is 0 Å². The van der Waals surface area contributed by atoms with Crippen molar-refractivity contribution in [2.75, 3.05) is 32.2 Å². The van der Waals surface area contributed by atoms with Gasteiger partial charge in [0.2, 0.25) is 0 Å². The Balaban J connectivity index is 1.95. The number of fused-ring (bicyclic) bond motifs is 1. The van der Waals surface area contributed by atoms with Gasteiger partial charge < -0.3 is 14.4 Å². The lowest BCUT2D eigenvalue weighted by atomic mass is 9.96. The number of nitrogens with zero attached hydrogens (tertiary/aromatic N) is 4. The summed E-state index contributed by atoms with van der Waals surface area (Å²) >= 11 is 1.16. The second-order valence-electron chi connectivity index (χ2n) is 8.70. The highest BCUT2D eigenvalue weighted by atomic mass is 32.1. The summed E-state index contributed by atoms with van der Waals surface area (Å²) in [5.41, 5.74) is 2.23. The second kappa shape index (κ2) is 11.0. The molecule has 0 N–H and O–H groups in total. The average molecular weight is 537 g/mol. The van der Waals surface area contributed by atoms with Gasteiger partial charge in [0.1, 0.15) is 5.75 Å². The molecule has 38 heavy (non-hydrogen) atoms. The molecule has 1 aromatic heterocycles. The third-order valence-electron chi connectivity index (χ3n) is 6.01. The number of ether oxygens (including phenoxy) is 2. The number of hydrogen-bond acceptors (Lipinski definition) is 9. The van der Waals surface area contributed by atoms with Gasteiger partial charge in [0.15, 0.2) is 4.80 Å². The molecule has 4 rings (SSSR count). The van der Waals surface area contributed by atoms with Gasteiger partial charge in [-0.3, -0.25) is 19.5 Å². The molecule has 0 radical (unpaired) electrons. The predicted molar refractivity (Wildman–Crippen MR) is 145 cm³/mol. The van der Waals surface area contributed by atoms with Crippen molar-refractivity contribution in [2.45, 2.75) is 26.8 Å². The monoisotopic (exact) mass is 536 g/mol. The van der Waals surface area contributed by atoms with Crippen molar-refractivity contribution in [3.63, 3.8) is 0 Å². The molecular weight excluding hydrogens is 508 g/mol. The van der Waals surface area contributed by atoms with Crippen LogP contribution in [0.5, 0.6) is 5.75 Å². The molecule has 0 bridgehead atoms. The van der Waals surface area contributed by atoms with Crippen LogP contribution in [0, 0.1) is 10.1 Å². The van der Waals surface area contributed by atoms with E-state index < -0.39 is 16.9 Å². The minimum absolute atomic E-state index is 0.0812. The topological polar surface area (TPSA) is 116 Å². The number of rotatable bonds is 8. The Kier molecular flexibility index (Phi) is 7.77. The van der Waals surface area contributed by atoms with E-state index in [0.29, 0.717) is 44.2 Å². The van der Waals surface area contributed by atoms with Crippen LogP contribution in [0.4, 0.5) is 11.4 Å². The molecule has 1 aliphatic rings. The van der Waals surface area contributed by atoms with Crippen molar-refractivity contribution in [1.29, 1.82) is 0 Å². The Labute approximate surface area is 222 Å². The molecular formula is C27H28N4O6S. The number of nitro benzene ring substituents is 1. The number of esters is 1. The molecule has 0 amide bonds.